The van der Waals surface area contributed by atoms with E-state index in [1.165, 1.54) is 238 Å². The molecule has 35 rings (SSSR count). The lowest BCUT2D eigenvalue weighted by Crippen LogP contribution is -2.10. The van der Waals surface area contributed by atoms with Crippen LogP contribution in [0.2, 0.25) is 0 Å². The van der Waals surface area contributed by atoms with Crippen LogP contribution in [0.3, 0.4) is 0 Å². The summed E-state index contributed by atoms with van der Waals surface area (Å²) in [4.78, 5) is 7.36. The Balaban J connectivity index is 0.0000000975. The molecule has 10 nitrogen and oxygen atoms in total. The van der Waals surface area contributed by atoms with Gasteiger partial charge in [0.1, 0.15) is 22.5 Å². The van der Waals surface area contributed by atoms with E-state index in [0.717, 1.165) is 61.8 Å². The number of imidazole rings is 3. The number of para-hydroxylation sites is 11. The second-order valence-corrected chi connectivity index (χ2v) is 41.8. The highest BCUT2D eigenvalue weighted by atomic mass is 32.1. The number of anilines is 9. The maximum absolute atomic E-state index is 6.69. The molecule has 0 aliphatic rings. The summed E-state index contributed by atoms with van der Waals surface area (Å²) in [6.45, 7) is 0. The molecule has 698 valence electrons. The Kier molecular flexibility index (Phi) is 17.7. The SMILES string of the molecule is c1ccc(-c2ccc(N(c3cccc4c3oc3ccccc34)c3cccc4c3c3c5ccccc5n5c6ccccc6n4c35)cc2)cc1.c1ccc2c(-c3ccc(N(c4ccc5sc6ccccc6c5c4)c4cccc5c4c4c6ccccc6n6c7ccccc7n5c46)cc3)cccc2c1.c1ccc2c(c1)ccc1cc(N(c3ccc4c(c3)sc3ccccc34)c3cccc4c3c3c5ccccc5n5c6ccccc6n4c35)ccc12. The molecule has 0 amide bonds. The van der Waals surface area contributed by atoms with Crippen molar-refractivity contribution >= 4 is 300 Å². The van der Waals surface area contributed by atoms with Gasteiger partial charge in [-0.2, -0.15) is 0 Å². The zero-order valence-electron chi connectivity index (χ0n) is 80.7. The third-order valence-electron chi connectivity index (χ3n) is 31.8. The van der Waals surface area contributed by atoms with E-state index in [4.69, 9.17) is 4.42 Å². The van der Waals surface area contributed by atoms with Crippen LogP contribution in [-0.2, 0) is 0 Å². The molecule has 23 aromatic carbocycles. The number of hydrogen-bond donors (Lipinski definition) is 0. The lowest BCUT2D eigenvalue weighted by Gasteiger charge is -2.27. The molecular weight excluding hydrogens is 1860 g/mol. The van der Waals surface area contributed by atoms with Crippen molar-refractivity contribution in [1.29, 1.82) is 0 Å². The van der Waals surface area contributed by atoms with Crippen molar-refractivity contribution in [3.8, 4) is 22.3 Å². The molecule has 0 saturated carbocycles. The van der Waals surface area contributed by atoms with Crippen molar-refractivity contribution < 1.29 is 4.42 Å². The zero-order chi connectivity index (χ0) is 97.8. The van der Waals surface area contributed by atoms with Crippen molar-refractivity contribution in [1.82, 2.24) is 26.4 Å². The zero-order valence-corrected chi connectivity index (χ0v) is 82.3. The topological polar surface area (TPSA) is 49.3 Å². The number of furan rings is 1. The summed E-state index contributed by atoms with van der Waals surface area (Å²) in [5, 5.41) is 26.4. The molecule has 0 N–H and O–H groups in total. The largest absolute Gasteiger partial charge is 0.454 e. The maximum atomic E-state index is 6.69. The normalized spacial score (nSPS) is 12.3. The predicted octanol–water partition coefficient (Wildman–Crippen LogP) is 39.1. The molecule has 35 aromatic rings. The fraction of sp³-hybridized carbons (Fsp3) is 0. The van der Waals surface area contributed by atoms with Crippen LogP contribution in [0.4, 0.5) is 51.2 Å². The van der Waals surface area contributed by atoms with Crippen LogP contribution in [0.25, 0.3) is 248 Å². The van der Waals surface area contributed by atoms with Gasteiger partial charge in [0.2, 0.25) is 0 Å². The van der Waals surface area contributed by atoms with E-state index < -0.39 is 0 Å². The predicted molar refractivity (Wildman–Crippen MR) is 637 cm³/mol. The second-order valence-electron chi connectivity index (χ2n) is 39.6. The second kappa shape index (κ2) is 32.0. The Morgan fingerprint density at radius 1 is 0.167 bits per heavy atom. The van der Waals surface area contributed by atoms with Crippen LogP contribution in [0.15, 0.2) is 508 Å². The molecule has 0 radical (unpaired) electrons. The summed E-state index contributed by atoms with van der Waals surface area (Å²) in [6.07, 6.45) is 0. The van der Waals surface area contributed by atoms with E-state index >= 15 is 0 Å². The van der Waals surface area contributed by atoms with Gasteiger partial charge in [0.05, 0.1) is 88.9 Å². The molecule has 12 heterocycles. The highest BCUT2D eigenvalue weighted by Gasteiger charge is 2.33. The first-order valence-corrected chi connectivity index (χ1v) is 52.9. The van der Waals surface area contributed by atoms with Gasteiger partial charge in [0.25, 0.3) is 0 Å². The molecule has 0 spiro atoms. The summed E-state index contributed by atoms with van der Waals surface area (Å²) in [6, 6.07) is 184. The van der Waals surface area contributed by atoms with Crippen LogP contribution >= 0.6 is 22.7 Å². The Morgan fingerprint density at radius 2 is 0.500 bits per heavy atom. The van der Waals surface area contributed by atoms with E-state index in [1.54, 1.807) is 0 Å². The van der Waals surface area contributed by atoms with E-state index in [1.807, 2.05) is 28.7 Å². The van der Waals surface area contributed by atoms with Gasteiger partial charge >= 0.3 is 0 Å². The lowest BCUT2D eigenvalue weighted by molar-refractivity contribution is 0.669. The van der Waals surface area contributed by atoms with E-state index in [0.29, 0.717) is 0 Å². The molecule has 12 aromatic heterocycles. The highest BCUT2D eigenvalue weighted by molar-refractivity contribution is 7.26. The van der Waals surface area contributed by atoms with Gasteiger partial charge in [0.15, 0.2) is 5.58 Å². The molecule has 0 aliphatic carbocycles. The first-order valence-electron chi connectivity index (χ1n) is 51.3. The fourth-order valence-electron chi connectivity index (χ4n) is 25.6. The summed E-state index contributed by atoms with van der Waals surface area (Å²) in [5.41, 5.74) is 35.0. The molecule has 0 aliphatic heterocycles. The summed E-state index contributed by atoms with van der Waals surface area (Å²) < 4.78 is 26.7. The minimum Gasteiger partial charge on any atom is -0.454 e. The average Bonchev–Trinajstić information content (AvgIpc) is 1.51. The molecule has 0 bridgehead atoms. The van der Waals surface area contributed by atoms with Crippen molar-refractivity contribution in [2.24, 2.45) is 0 Å². The monoisotopic (exact) mass is 1950 g/mol. The summed E-state index contributed by atoms with van der Waals surface area (Å²) >= 11 is 3.73. The van der Waals surface area contributed by atoms with Crippen molar-refractivity contribution in [2.75, 3.05) is 14.7 Å². The van der Waals surface area contributed by atoms with Gasteiger partial charge in [0, 0.05) is 128 Å². The number of rotatable bonds is 11. The minimum atomic E-state index is 0.874. The number of nitrogens with zero attached hydrogens (tertiary/aromatic N) is 9. The van der Waals surface area contributed by atoms with Gasteiger partial charge in [-0.1, -0.05) is 322 Å². The minimum absolute atomic E-state index is 0.874. The quantitative estimate of drug-likeness (QED) is 0.121. The van der Waals surface area contributed by atoms with Gasteiger partial charge in [-0.15, -0.1) is 22.7 Å². The van der Waals surface area contributed by atoms with Gasteiger partial charge < -0.3 is 19.1 Å². The van der Waals surface area contributed by atoms with Crippen molar-refractivity contribution in [3.05, 3.63) is 504 Å². The van der Waals surface area contributed by atoms with Crippen LogP contribution in [0.1, 0.15) is 0 Å². The van der Waals surface area contributed by atoms with Gasteiger partial charge in [-0.05, 0) is 237 Å². The van der Waals surface area contributed by atoms with Crippen molar-refractivity contribution in [2.45, 2.75) is 0 Å². The fourth-order valence-corrected chi connectivity index (χ4v) is 27.8. The van der Waals surface area contributed by atoms with Gasteiger partial charge in [-0.25, -0.2) is 0 Å². The third-order valence-corrected chi connectivity index (χ3v) is 34.1. The first-order chi connectivity index (χ1) is 74.5. The van der Waals surface area contributed by atoms with Crippen LogP contribution < -0.4 is 14.7 Å². The van der Waals surface area contributed by atoms with Gasteiger partial charge in [-0.3, -0.25) is 26.4 Å². The van der Waals surface area contributed by atoms with Crippen molar-refractivity contribution in [3.63, 3.8) is 0 Å². The van der Waals surface area contributed by atoms with E-state index in [9.17, 15) is 0 Å². The number of hydrogen-bond acceptors (Lipinski definition) is 6. The van der Waals surface area contributed by atoms with E-state index in [-0.39, 0.29) is 0 Å². The Bertz CT molecular complexity index is 11800. The molecule has 0 unspecified atom stereocenters. The molecular formula is C138H83N9OS2. The number of fused-ring (bicyclic) bond motifs is 40. The average molecular weight is 1950 g/mol. The van der Waals surface area contributed by atoms with Crippen LogP contribution in [0, 0.1) is 0 Å². The molecule has 0 saturated heterocycles. The lowest BCUT2D eigenvalue weighted by atomic mass is 9.98. The molecule has 150 heavy (non-hydrogen) atoms. The molecule has 0 atom stereocenters. The van der Waals surface area contributed by atoms with Crippen LogP contribution in [-0.4, -0.2) is 26.4 Å². The molecule has 0 fully saturated rings. The number of thiophene rings is 2. The van der Waals surface area contributed by atoms with E-state index in [2.05, 4.69) is 539 Å². The molecule has 12 heteroatoms. The standard InChI is InChI=1S/C48H29N3S.C46H27N3S.C44H27N3O/c1-2-13-34-30(11-1)12-9-16-35(34)31-23-25-32(26-24-31)49(33-27-28-45-38(29-33)36-14-4-8-22-44(36)52-45)42-20-10-21-43-47(42)46-37-15-3-5-17-39(37)50-40-18-6-7-19-41(40)51(43)48(46)50;1-2-11-32-28(10-1)20-21-29-26-30(22-24-33(29)32)47(31-23-25-35-34-12-4-8-19-42(34)50-43(35)27-31)40-17-9-18-41-45(40)44-36-13-3-5-14-37(36)48-38-15-6-7-16-39(38)49(41)46(44)48;1-2-12-28(13-3-1)29-24-26-30(27-25-29)45(39-22-10-16-32-31-14-5-9-23-40(31)48-43(32)39)37-20-11-21-38-42(37)41-33-15-4-6-17-34(33)46-35-18-7-8-19-36(35)47(38)44(41)46/h1-29H;1-27H;1-27H. The first kappa shape index (κ1) is 82.9. The Labute approximate surface area is 864 Å². The number of aromatic nitrogens is 6. The maximum Gasteiger partial charge on any atom is 0.159 e. The highest BCUT2D eigenvalue weighted by Crippen LogP contribution is 2.56. The third kappa shape index (κ3) is 11.9. The summed E-state index contributed by atoms with van der Waals surface area (Å²) in [7, 11) is 0. The summed E-state index contributed by atoms with van der Waals surface area (Å²) in [5.74, 6) is 0. The van der Waals surface area contributed by atoms with Crippen LogP contribution in [0.5, 0.6) is 0 Å². The Hall–Kier alpha value is -19.5. The smallest absolute Gasteiger partial charge is 0.159 e. The number of benzene rings is 23. The Morgan fingerprint density at radius 3 is 1.06 bits per heavy atom.